The maximum absolute atomic E-state index is 10.9. The van der Waals surface area contributed by atoms with Gasteiger partial charge in [-0.3, -0.25) is 0 Å². The zero-order chi connectivity index (χ0) is 9.14. The van der Waals surface area contributed by atoms with Crippen molar-refractivity contribution in [2.75, 3.05) is 18.6 Å². The second-order valence-corrected chi connectivity index (χ2v) is 2.03. The van der Waals surface area contributed by atoms with E-state index in [0.717, 1.165) is 0 Å². The fraction of sp³-hybridized carbons (Fsp3) is 0.167. The van der Waals surface area contributed by atoms with Crippen molar-refractivity contribution >= 4 is 17.7 Å². The zero-order valence-electron chi connectivity index (χ0n) is 6.44. The molecule has 4 N–H and O–H groups in total. The first-order valence-electron chi connectivity index (χ1n) is 3.12. The third kappa shape index (κ3) is 1.60. The number of nitrogens with two attached hydrogens (primary N) is 2. The van der Waals surface area contributed by atoms with Crippen LogP contribution in [0.15, 0.2) is 6.07 Å². The number of esters is 1. The summed E-state index contributed by atoms with van der Waals surface area (Å²) in [5.74, 6) is -0.492. The summed E-state index contributed by atoms with van der Waals surface area (Å²) in [6.45, 7) is 0. The predicted molar refractivity (Wildman–Crippen MR) is 42.2 cm³/mol. The van der Waals surface area contributed by atoms with E-state index in [1.807, 2.05) is 0 Å². The molecule has 6 nitrogen and oxygen atoms in total. The molecular weight excluding hydrogens is 160 g/mol. The zero-order valence-corrected chi connectivity index (χ0v) is 6.44. The molecular formula is C6H8N4O2. The Kier molecular flexibility index (Phi) is 2.09. The molecule has 0 amide bonds. The van der Waals surface area contributed by atoms with Gasteiger partial charge in [-0.05, 0) is 0 Å². The highest BCUT2D eigenvalue weighted by atomic mass is 16.5. The largest absolute Gasteiger partial charge is 0.464 e. The van der Waals surface area contributed by atoms with E-state index in [9.17, 15) is 4.79 Å². The SMILES string of the molecule is COC(=O)c1cc(N)nc(N)n1. The van der Waals surface area contributed by atoms with E-state index < -0.39 is 5.97 Å². The summed E-state index contributed by atoms with van der Waals surface area (Å²) in [6, 6.07) is 1.29. The van der Waals surface area contributed by atoms with Gasteiger partial charge >= 0.3 is 5.97 Å². The van der Waals surface area contributed by atoms with Crippen LogP contribution in [0.3, 0.4) is 0 Å². The standard InChI is InChI=1S/C6H8N4O2/c1-12-5(11)3-2-4(7)10-6(8)9-3/h2H,1H3,(H4,7,8,9,10). The van der Waals surface area contributed by atoms with Crippen LogP contribution in [0.4, 0.5) is 11.8 Å². The number of hydrogen-bond donors (Lipinski definition) is 2. The maximum atomic E-state index is 10.9. The molecule has 0 spiro atoms. The van der Waals surface area contributed by atoms with Crippen molar-refractivity contribution < 1.29 is 9.53 Å². The smallest absolute Gasteiger partial charge is 0.356 e. The fourth-order valence-electron chi connectivity index (χ4n) is 0.694. The maximum Gasteiger partial charge on any atom is 0.356 e. The number of aromatic nitrogens is 2. The molecule has 12 heavy (non-hydrogen) atoms. The lowest BCUT2D eigenvalue weighted by atomic mass is 10.4. The number of rotatable bonds is 1. The highest BCUT2D eigenvalue weighted by Gasteiger charge is 2.08. The van der Waals surface area contributed by atoms with Gasteiger partial charge in [0.2, 0.25) is 5.95 Å². The molecule has 1 heterocycles. The van der Waals surface area contributed by atoms with Crippen molar-refractivity contribution in [2.45, 2.75) is 0 Å². The molecule has 0 aliphatic rings. The summed E-state index contributed by atoms with van der Waals surface area (Å²) in [7, 11) is 1.25. The average molecular weight is 168 g/mol. The van der Waals surface area contributed by atoms with Gasteiger partial charge in [0.1, 0.15) is 5.82 Å². The van der Waals surface area contributed by atoms with Crippen LogP contribution in [0.25, 0.3) is 0 Å². The van der Waals surface area contributed by atoms with E-state index in [1.54, 1.807) is 0 Å². The Morgan fingerprint density at radius 1 is 1.50 bits per heavy atom. The average Bonchev–Trinajstić information content (AvgIpc) is 2.01. The molecule has 0 saturated heterocycles. The third-order valence-electron chi connectivity index (χ3n) is 1.16. The number of methoxy groups -OCH3 is 1. The van der Waals surface area contributed by atoms with E-state index in [-0.39, 0.29) is 17.5 Å². The first-order chi connectivity index (χ1) is 5.63. The number of nitrogen functional groups attached to an aromatic ring is 2. The Balaban J connectivity index is 3.08. The van der Waals surface area contributed by atoms with Gasteiger partial charge in [0.05, 0.1) is 7.11 Å². The van der Waals surface area contributed by atoms with Crippen LogP contribution in [-0.2, 0) is 4.74 Å². The molecule has 0 saturated carbocycles. The van der Waals surface area contributed by atoms with Gasteiger partial charge < -0.3 is 16.2 Å². The molecule has 0 aliphatic carbocycles. The number of anilines is 2. The van der Waals surface area contributed by atoms with Gasteiger partial charge in [-0.25, -0.2) is 9.78 Å². The lowest BCUT2D eigenvalue weighted by Gasteiger charge is -1.99. The highest BCUT2D eigenvalue weighted by molar-refractivity contribution is 5.88. The molecule has 0 bridgehead atoms. The first-order valence-corrected chi connectivity index (χ1v) is 3.12. The molecule has 0 aliphatic heterocycles. The first kappa shape index (κ1) is 8.25. The molecule has 0 atom stereocenters. The minimum atomic E-state index is -0.587. The van der Waals surface area contributed by atoms with Crippen LogP contribution in [0.5, 0.6) is 0 Å². The van der Waals surface area contributed by atoms with Gasteiger partial charge in [0.15, 0.2) is 5.69 Å². The van der Waals surface area contributed by atoms with Gasteiger partial charge in [-0.15, -0.1) is 0 Å². The molecule has 0 aromatic carbocycles. The lowest BCUT2D eigenvalue weighted by Crippen LogP contribution is -2.09. The minimum Gasteiger partial charge on any atom is -0.464 e. The fourth-order valence-corrected chi connectivity index (χ4v) is 0.694. The van der Waals surface area contributed by atoms with Crippen molar-refractivity contribution in [2.24, 2.45) is 0 Å². The topological polar surface area (TPSA) is 104 Å². The number of carbonyl (C=O) groups is 1. The van der Waals surface area contributed by atoms with Crippen LogP contribution in [0.2, 0.25) is 0 Å². The van der Waals surface area contributed by atoms with Crippen molar-refractivity contribution in [1.82, 2.24) is 9.97 Å². The molecule has 1 aromatic rings. The second kappa shape index (κ2) is 3.04. The van der Waals surface area contributed by atoms with Crippen molar-refractivity contribution in [1.29, 1.82) is 0 Å². The molecule has 64 valence electrons. The van der Waals surface area contributed by atoms with E-state index in [1.165, 1.54) is 13.2 Å². The Labute approximate surface area is 68.6 Å². The van der Waals surface area contributed by atoms with Crippen LogP contribution in [0, 0.1) is 0 Å². The molecule has 0 radical (unpaired) electrons. The lowest BCUT2D eigenvalue weighted by molar-refractivity contribution is 0.0594. The van der Waals surface area contributed by atoms with Gasteiger partial charge in [-0.2, -0.15) is 4.98 Å². The quantitative estimate of drug-likeness (QED) is 0.544. The normalized spacial score (nSPS) is 9.42. The number of carbonyl (C=O) groups excluding carboxylic acids is 1. The van der Waals surface area contributed by atoms with E-state index in [4.69, 9.17) is 11.5 Å². The summed E-state index contributed by atoms with van der Waals surface area (Å²) < 4.78 is 4.41. The van der Waals surface area contributed by atoms with Gasteiger partial charge in [-0.1, -0.05) is 0 Å². The Morgan fingerprint density at radius 2 is 2.17 bits per heavy atom. The van der Waals surface area contributed by atoms with Crippen LogP contribution >= 0.6 is 0 Å². The van der Waals surface area contributed by atoms with E-state index in [0.29, 0.717) is 0 Å². The van der Waals surface area contributed by atoms with Gasteiger partial charge in [0.25, 0.3) is 0 Å². The third-order valence-corrected chi connectivity index (χ3v) is 1.16. The summed E-state index contributed by atoms with van der Waals surface area (Å²) in [6.07, 6.45) is 0. The Bertz CT molecular complexity index is 292. The van der Waals surface area contributed by atoms with E-state index in [2.05, 4.69) is 14.7 Å². The monoisotopic (exact) mass is 168 g/mol. The van der Waals surface area contributed by atoms with E-state index >= 15 is 0 Å². The van der Waals surface area contributed by atoms with Crippen LogP contribution in [0.1, 0.15) is 10.5 Å². The van der Waals surface area contributed by atoms with Crippen LogP contribution in [-0.4, -0.2) is 23.0 Å². The van der Waals surface area contributed by atoms with Crippen molar-refractivity contribution in [3.63, 3.8) is 0 Å². The number of ether oxygens (including phenoxy) is 1. The number of hydrogen-bond acceptors (Lipinski definition) is 6. The van der Waals surface area contributed by atoms with Crippen molar-refractivity contribution in [3.8, 4) is 0 Å². The Morgan fingerprint density at radius 3 is 2.67 bits per heavy atom. The summed E-state index contributed by atoms with van der Waals surface area (Å²) in [5.41, 5.74) is 10.6. The van der Waals surface area contributed by atoms with Gasteiger partial charge in [0, 0.05) is 6.07 Å². The molecule has 0 unspecified atom stereocenters. The summed E-state index contributed by atoms with van der Waals surface area (Å²) in [4.78, 5) is 18.1. The Hall–Kier alpha value is -1.85. The minimum absolute atomic E-state index is 0.0459. The molecule has 1 aromatic heterocycles. The molecule has 6 heteroatoms. The second-order valence-electron chi connectivity index (χ2n) is 2.03. The summed E-state index contributed by atoms with van der Waals surface area (Å²) in [5, 5.41) is 0. The highest BCUT2D eigenvalue weighted by Crippen LogP contribution is 2.04. The number of nitrogens with zero attached hydrogens (tertiary/aromatic N) is 2. The summed E-state index contributed by atoms with van der Waals surface area (Å²) >= 11 is 0. The van der Waals surface area contributed by atoms with Crippen LogP contribution < -0.4 is 11.5 Å². The molecule has 0 fully saturated rings. The molecule has 1 rings (SSSR count). The predicted octanol–water partition coefficient (Wildman–Crippen LogP) is -0.572. The van der Waals surface area contributed by atoms with Crippen molar-refractivity contribution in [3.05, 3.63) is 11.8 Å².